The van der Waals surface area contributed by atoms with Crippen molar-refractivity contribution in [1.82, 2.24) is 9.55 Å². The van der Waals surface area contributed by atoms with Gasteiger partial charge in [0.2, 0.25) is 0 Å². The highest BCUT2D eigenvalue weighted by molar-refractivity contribution is 7.99. The van der Waals surface area contributed by atoms with E-state index in [0.29, 0.717) is 0 Å². The number of hydrogen-bond acceptors (Lipinski definition) is 2. The summed E-state index contributed by atoms with van der Waals surface area (Å²) in [6, 6.07) is 16.9. The van der Waals surface area contributed by atoms with E-state index in [1.165, 1.54) is 38.2 Å². The average molecular weight is 367 g/mol. The van der Waals surface area contributed by atoms with Crippen LogP contribution in [0.2, 0.25) is 0 Å². The van der Waals surface area contributed by atoms with Crippen LogP contribution < -0.4 is 0 Å². The van der Waals surface area contributed by atoms with Crippen LogP contribution in [0.5, 0.6) is 0 Å². The molecule has 0 bridgehead atoms. The van der Waals surface area contributed by atoms with Gasteiger partial charge in [0.1, 0.15) is 5.82 Å². The molecular weight excluding hydrogens is 343 g/mol. The first-order valence-corrected chi connectivity index (χ1v) is 10.3. The van der Waals surface area contributed by atoms with E-state index in [0.717, 1.165) is 33.8 Å². The Labute approximate surface area is 158 Å². The highest BCUT2D eigenvalue weighted by atomic mass is 32.2. The lowest BCUT2D eigenvalue weighted by molar-refractivity contribution is 0.390. The van der Waals surface area contributed by atoms with Gasteiger partial charge in [0.05, 0.1) is 11.4 Å². The van der Waals surface area contributed by atoms with Gasteiger partial charge in [-0.3, -0.25) is 4.57 Å². The smallest absolute Gasteiger partial charge is 0.173 e. The first-order chi connectivity index (χ1) is 12.8. The Bertz CT molecular complexity index is 854. The van der Waals surface area contributed by atoms with Gasteiger partial charge >= 0.3 is 0 Å². The lowest BCUT2D eigenvalue weighted by atomic mass is 9.91. The largest absolute Gasteiger partial charge is 0.294 e. The minimum Gasteiger partial charge on any atom is -0.294 e. The zero-order chi connectivity index (χ0) is 17.8. The molecule has 1 fully saturated rings. The van der Waals surface area contributed by atoms with Crippen LogP contribution in [0.15, 0.2) is 66.0 Å². The predicted molar refractivity (Wildman–Crippen MR) is 106 cm³/mol. The van der Waals surface area contributed by atoms with E-state index in [4.69, 9.17) is 4.98 Å². The number of nitrogens with zero attached hydrogens (tertiary/aromatic N) is 2. The molecule has 1 aromatic heterocycles. The monoisotopic (exact) mass is 366 g/mol. The summed E-state index contributed by atoms with van der Waals surface area (Å²) >= 11 is 1.80. The Morgan fingerprint density at radius 2 is 1.81 bits per heavy atom. The predicted octanol–water partition coefficient (Wildman–Crippen LogP) is 6.35. The number of halogens is 1. The SMILES string of the molecule is Fc1cccc(-n2cc(-c3ccccc3)nc2SCC2CCCCC2)c1. The summed E-state index contributed by atoms with van der Waals surface area (Å²) in [4.78, 5) is 4.87. The molecule has 0 aliphatic heterocycles. The lowest BCUT2D eigenvalue weighted by Gasteiger charge is -2.20. The first-order valence-electron chi connectivity index (χ1n) is 9.33. The molecule has 0 spiro atoms. The maximum absolute atomic E-state index is 13.8. The molecule has 0 atom stereocenters. The highest BCUT2D eigenvalue weighted by Crippen LogP contribution is 2.32. The van der Waals surface area contributed by atoms with E-state index in [2.05, 4.69) is 12.1 Å². The molecule has 0 saturated heterocycles. The van der Waals surface area contributed by atoms with Crippen molar-refractivity contribution in [1.29, 1.82) is 0 Å². The standard InChI is InChI=1S/C22H23FN2S/c23-19-12-7-13-20(14-19)25-15-21(18-10-5-2-6-11-18)24-22(25)26-16-17-8-3-1-4-9-17/h2,5-7,10-15,17H,1,3-4,8-9,16H2. The molecule has 4 rings (SSSR count). The van der Waals surface area contributed by atoms with Crippen LogP contribution in [0.3, 0.4) is 0 Å². The Hall–Kier alpha value is -2.07. The van der Waals surface area contributed by atoms with Crippen molar-refractivity contribution in [3.05, 3.63) is 66.6 Å². The molecule has 0 amide bonds. The summed E-state index contributed by atoms with van der Waals surface area (Å²) < 4.78 is 15.8. The second kappa shape index (κ2) is 8.09. The van der Waals surface area contributed by atoms with Crippen molar-refractivity contribution in [3.63, 3.8) is 0 Å². The Balaban J connectivity index is 1.64. The Morgan fingerprint density at radius 1 is 1.00 bits per heavy atom. The van der Waals surface area contributed by atoms with Crippen LogP contribution in [0.25, 0.3) is 16.9 Å². The van der Waals surface area contributed by atoms with Gasteiger partial charge in [-0.1, -0.05) is 67.4 Å². The summed E-state index contributed by atoms with van der Waals surface area (Å²) in [6.45, 7) is 0. The van der Waals surface area contributed by atoms with Gasteiger partial charge in [0, 0.05) is 17.5 Å². The normalized spacial score (nSPS) is 15.3. The van der Waals surface area contributed by atoms with Gasteiger partial charge in [-0.2, -0.15) is 0 Å². The molecule has 2 nitrogen and oxygen atoms in total. The summed E-state index contributed by atoms with van der Waals surface area (Å²) in [5, 5.41) is 0.944. The van der Waals surface area contributed by atoms with Crippen LogP contribution in [0, 0.1) is 11.7 Å². The molecule has 26 heavy (non-hydrogen) atoms. The quantitative estimate of drug-likeness (QED) is 0.490. The van der Waals surface area contributed by atoms with E-state index in [9.17, 15) is 4.39 Å². The third-order valence-corrected chi connectivity index (χ3v) is 6.19. The van der Waals surface area contributed by atoms with Gasteiger partial charge < -0.3 is 0 Å². The molecular formula is C22H23FN2S. The van der Waals surface area contributed by atoms with E-state index in [1.807, 2.05) is 35.0 Å². The average Bonchev–Trinajstić information content (AvgIpc) is 3.12. The van der Waals surface area contributed by atoms with Gasteiger partial charge in [-0.25, -0.2) is 9.37 Å². The van der Waals surface area contributed by atoms with E-state index in [1.54, 1.807) is 23.9 Å². The maximum atomic E-state index is 13.8. The highest BCUT2D eigenvalue weighted by Gasteiger charge is 2.17. The van der Waals surface area contributed by atoms with Crippen molar-refractivity contribution in [3.8, 4) is 16.9 Å². The van der Waals surface area contributed by atoms with Crippen molar-refractivity contribution >= 4 is 11.8 Å². The molecule has 2 aromatic carbocycles. The molecule has 1 aliphatic rings. The third-order valence-electron chi connectivity index (χ3n) is 5.00. The van der Waals surface area contributed by atoms with Crippen molar-refractivity contribution in [2.75, 3.05) is 5.75 Å². The molecule has 1 aliphatic carbocycles. The molecule has 1 heterocycles. The number of imidazole rings is 1. The zero-order valence-electron chi connectivity index (χ0n) is 14.8. The van der Waals surface area contributed by atoms with Crippen molar-refractivity contribution < 1.29 is 4.39 Å². The number of thioether (sulfide) groups is 1. The van der Waals surface area contributed by atoms with Crippen molar-refractivity contribution in [2.45, 2.75) is 37.3 Å². The summed E-state index contributed by atoms with van der Waals surface area (Å²) in [7, 11) is 0. The molecule has 0 N–H and O–H groups in total. The molecule has 3 aromatic rings. The second-order valence-electron chi connectivity index (χ2n) is 6.94. The Morgan fingerprint density at radius 3 is 2.58 bits per heavy atom. The van der Waals surface area contributed by atoms with Gasteiger partial charge in [-0.05, 0) is 37.0 Å². The molecule has 134 valence electrons. The minimum absolute atomic E-state index is 0.222. The fourth-order valence-electron chi connectivity index (χ4n) is 3.57. The molecule has 0 radical (unpaired) electrons. The van der Waals surface area contributed by atoms with Gasteiger partial charge in [0.15, 0.2) is 5.16 Å². The topological polar surface area (TPSA) is 17.8 Å². The minimum atomic E-state index is -0.222. The van der Waals surface area contributed by atoms with E-state index < -0.39 is 0 Å². The van der Waals surface area contributed by atoms with Crippen LogP contribution in [-0.2, 0) is 0 Å². The third kappa shape index (κ3) is 4.01. The van der Waals surface area contributed by atoms with E-state index in [-0.39, 0.29) is 5.82 Å². The van der Waals surface area contributed by atoms with Crippen LogP contribution >= 0.6 is 11.8 Å². The zero-order valence-corrected chi connectivity index (χ0v) is 15.6. The fourth-order valence-corrected chi connectivity index (χ4v) is 4.75. The summed E-state index contributed by atoms with van der Waals surface area (Å²) in [6.07, 6.45) is 8.72. The van der Waals surface area contributed by atoms with Gasteiger partial charge in [-0.15, -0.1) is 0 Å². The number of benzene rings is 2. The number of aromatic nitrogens is 2. The van der Waals surface area contributed by atoms with Gasteiger partial charge in [0.25, 0.3) is 0 Å². The van der Waals surface area contributed by atoms with Crippen molar-refractivity contribution in [2.24, 2.45) is 5.92 Å². The summed E-state index contributed by atoms with van der Waals surface area (Å²) in [5.41, 5.74) is 2.84. The fraction of sp³-hybridized carbons (Fsp3) is 0.318. The molecule has 0 unspecified atom stereocenters. The maximum Gasteiger partial charge on any atom is 0.173 e. The number of hydrogen-bond donors (Lipinski definition) is 0. The van der Waals surface area contributed by atoms with Crippen LogP contribution in [0.4, 0.5) is 4.39 Å². The summed E-state index contributed by atoms with van der Waals surface area (Å²) in [5.74, 6) is 1.63. The van der Waals surface area contributed by atoms with Crippen LogP contribution in [-0.4, -0.2) is 15.3 Å². The lowest BCUT2D eigenvalue weighted by Crippen LogP contribution is -2.09. The number of rotatable bonds is 5. The Kier molecular flexibility index (Phi) is 5.40. The van der Waals surface area contributed by atoms with E-state index >= 15 is 0 Å². The second-order valence-corrected chi connectivity index (χ2v) is 7.93. The first kappa shape index (κ1) is 17.3. The molecule has 4 heteroatoms. The van der Waals surface area contributed by atoms with Crippen LogP contribution in [0.1, 0.15) is 32.1 Å². The molecule has 1 saturated carbocycles.